The summed E-state index contributed by atoms with van der Waals surface area (Å²) >= 11 is 1.96. The molecule has 0 bridgehead atoms. The average molecular weight is 220 g/mol. The first-order chi connectivity index (χ1) is 7.36. The Balaban J connectivity index is 2.15. The number of rotatable bonds is 1. The molecule has 3 heterocycles. The lowest BCUT2D eigenvalue weighted by Crippen LogP contribution is -1.98. The lowest BCUT2D eigenvalue weighted by molar-refractivity contribution is 0.766. The summed E-state index contributed by atoms with van der Waals surface area (Å²) in [5.74, 6) is 2.27. The second kappa shape index (κ2) is 3.41. The molecule has 2 aromatic heterocycles. The minimum absolute atomic E-state index is 0.488. The van der Waals surface area contributed by atoms with Crippen molar-refractivity contribution in [2.75, 3.05) is 11.5 Å². The Morgan fingerprint density at radius 2 is 2.40 bits per heavy atom. The first-order valence-corrected chi connectivity index (χ1v) is 6.12. The van der Waals surface area contributed by atoms with Gasteiger partial charge in [0, 0.05) is 6.20 Å². The quantitative estimate of drug-likeness (QED) is 0.797. The topological polar surface area (TPSA) is 56.2 Å². The third-order valence-corrected chi connectivity index (χ3v) is 4.08. The van der Waals surface area contributed by atoms with E-state index in [1.165, 1.54) is 18.6 Å². The van der Waals surface area contributed by atoms with Crippen molar-refractivity contribution in [3.8, 4) is 0 Å². The van der Waals surface area contributed by atoms with Crippen LogP contribution in [0.3, 0.4) is 0 Å². The van der Waals surface area contributed by atoms with Crippen molar-refractivity contribution in [3.05, 3.63) is 24.2 Å². The maximum absolute atomic E-state index is 5.84. The summed E-state index contributed by atoms with van der Waals surface area (Å²) < 4.78 is 2.01. The number of anilines is 1. The van der Waals surface area contributed by atoms with Crippen LogP contribution in [-0.2, 0) is 0 Å². The van der Waals surface area contributed by atoms with Gasteiger partial charge in [-0.2, -0.15) is 11.8 Å². The second-order valence-electron chi connectivity index (χ2n) is 3.72. The maximum atomic E-state index is 5.84. The number of thioether (sulfide) groups is 1. The molecule has 4 nitrogen and oxygen atoms in total. The van der Waals surface area contributed by atoms with E-state index in [0.717, 1.165) is 11.5 Å². The molecule has 0 amide bonds. The van der Waals surface area contributed by atoms with Gasteiger partial charge < -0.3 is 5.73 Å². The summed E-state index contributed by atoms with van der Waals surface area (Å²) in [4.78, 5) is 0. The minimum Gasteiger partial charge on any atom is -0.396 e. The zero-order valence-electron chi connectivity index (χ0n) is 8.26. The van der Waals surface area contributed by atoms with Gasteiger partial charge >= 0.3 is 0 Å². The maximum Gasteiger partial charge on any atom is 0.184 e. The summed E-state index contributed by atoms with van der Waals surface area (Å²) in [5.41, 5.74) is 7.31. The first-order valence-electron chi connectivity index (χ1n) is 5.07. The van der Waals surface area contributed by atoms with Crippen molar-refractivity contribution in [1.29, 1.82) is 0 Å². The first kappa shape index (κ1) is 9.03. The van der Waals surface area contributed by atoms with Crippen molar-refractivity contribution < 1.29 is 0 Å². The molecule has 1 unspecified atom stereocenters. The van der Waals surface area contributed by atoms with Crippen LogP contribution in [0.25, 0.3) is 5.65 Å². The van der Waals surface area contributed by atoms with Crippen molar-refractivity contribution >= 4 is 23.1 Å². The van der Waals surface area contributed by atoms with E-state index in [4.69, 9.17) is 5.73 Å². The zero-order chi connectivity index (χ0) is 10.3. The van der Waals surface area contributed by atoms with E-state index in [1.54, 1.807) is 0 Å². The molecule has 1 aliphatic rings. The van der Waals surface area contributed by atoms with Crippen LogP contribution in [0.15, 0.2) is 18.3 Å². The van der Waals surface area contributed by atoms with E-state index in [9.17, 15) is 0 Å². The van der Waals surface area contributed by atoms with Crippen molar-refractivity contribution in [3.63, 3.8) is 0 Å². The summed E-state index contributed by atoms with van der Waals surface area (Å²) in [6.07, 6.45) is 4.45. The molecule has 0 spiro atoms. The monoisotopic (exact) mass is 220 g/mol. The molecule has 0 aromatic carbocycles. The van der Waals surface area contributed by atoms with Crippen molar-refractivity contribution in [2.24, 2.45) is 0 Å². The highest BCUT2D eigenvalue weighted by molar-refractivity contribution is 7.99. The zero-order valence-corrected chi connectivity index (χ0v) is 9.07. The van der Waals surface area contributed by atoms with Gasteiger partial charge in [-0.1, -0.05) is 0 Å². The Morgan fingerprint density at radius 1 is 1.47 bits per heavy atom. The van der Waals surface area contributed by atoms with Crippen LogP contribution >= 0.6 is 11.8 Å². The Bertz CT molecular complexity index is 487. The van der Waals surface area contributed by atoms with E-state index < -0.39 is 0 Å². The molecule has 3 rings (SSSR count). The highest BCUT2D eigenvalue weighted by atomic mass is 32.2. The summed E-state index contributed by atoms with van der Waals surface area (Å²) in [7, 11) is 0. The highest BCUT2D eigenvalue weighted by Gasteiger charge is 2.22. The van der Waals surface area contributed by atoms with Gasteiger partial charge in [0.15, 0.2) is 11.5 Å². The van der Waals surface area contributed by atoms with Gasteiger partial charge in [0.1, 0.15) is 0 Å². The van der Waals surface area contributed by atoms with Crippen LogP contribution in [0.1, 0.15) is 23.9 Å². The smallest absolute Gasteiger partial charge is 0.184 e. The molecule has 0 radical (unpaired) electrons. The second-order valence-corrected chi connectivity index (χ2v) is 5.03. The van der Waals surface area contributed by atoms with E-state index in [2.05, 4.69) is 10.2 Å². The SMILES string of the molecule is Nc1cccn2c(C3CCCS3)nnc12. The predicted molar refractivity (Wildman–Crippen MR) is 61.8 cm³/mol. The molecule has 1 fully saturated rings. The fourth-order valence-electron chi connectivity index (χ4n) is 1.96. The Labute approximate surface area is 91.9 Å². The third-order valence-electron chi connectivity index (χ3n) is 2.71. The van der Waals surface area contributed by atoms with Crippen molar-refractivity contribution in [2.45, 2.75) is 18.1 Å². The number of pyridine rings is 1. The number of hydrogen-bond acceptors (Lipinski definition) is 4. The van der Waals surface area contributed by atoms with Gasteiger partial charge in [-0.3, -0.25) is 4.40 Å². The fourth-order valence-corrected chi connectivity index (χ4v) is 3.22. The summed E-state index contributed by atoms with van der Waals surface area (Å²) in [6, 6.07) is 3.80. The molecule has 15 heavy (non-hydrogen) atoms. The summed E-state index contributed by atoms with van der Waals surface area (Å²) in [6.45, 7) is 0. The molecule has 78 valence electrons. The summed E-state index contributed by atoms with van der Waals surface area (Å²) in [5, 5.41) is 8.88. The molecular weight excluding hydrogens is 208 g/mol. The Hall–Kier alpha value is -1.23. The van der Waals surface area contributed by atoms with E-state index in [-0.39, 0.29) is 0 Å². The molecule has 2 aromatic rings. The molecule has 2 N–H and O–H groups in total. The molecule has 0 aliphatic carbocycles. The van der Waals surface area contributed by atoms with Crippen LogP contribution < -0.4 is 5.73 Å². The molecule has 1 aliphatic heterocycles. The predicted octanol–water partition coefficient (Wildman–Crippen LogP) is 1.88. The number of nitrogens with zero attached hydrogens (tertiary/aromatic N) is 3. The third kappa shape index (κ3) is 1.38. The van der Waals surface area contributed by atoms with E-state index in [0.29, 0.717) is 10.9 Å². The number of fused-ring (bicyclic) bond motifs is 1. The van der Waals surface area contributed by atoms with Crippen LogP contribution in [0, 0.1) is 0 Å². The Kier molecular flexibility index (Phi) is 2.05. The normalized spacial score (nSPS) is 21.2. The number of hydrogen-bond donors (Lipinski definition) is 1. The molecular formula is C10H12N4S. The van der Waals surface area contributed by atoms with Gasteiger partial charge in [-0.25, -0.2) is 0 Å². The standard InChI is InChI=1S/C10H12N4S/c11-7-3-1-5-14-9(7)12-13-10(14)8-4-2-6-15-8/h1,3,5,8H,2,4,6,11H2. The average Bonchev–Trinajstić information content (AvgIpc) is 2.85. The van der Waals surface area contributed by atoms with E-state index >= 15 is 0 Å². The molecule has 1 saturated heterocycles. The van der Waals surface area contributed by atoms with Crippen LogP contribution in [-0.4, -0.2) is 20.4 Å². The molecule has 5 heteroatoms. The van der Waals surface area contributed by atoms with Gasteiger partial charge in [0.25, 0.3) is 0 Å². The largest absolute Gasteiger partial charge is 0.396 e. The van der Waals surface area contributed by atoms with Crippen LogP contribution in [0.4, 0.5) is 5.69 Å². The lowest BCUT2D eigenvalue weighted by atomic mass is 10.2. The lowest BCUT2D eigenvalue weighted by Gasteiger charge is -2.05. The van der Waals surface area contributed by atoms with Crippen molar-refractivity contribution in [1.82, 2.24) is 14.6 Å². The highest BCUT2D eigenvalue weighted by Crippen LogP contribution is 2.39. The van der Waals surface area contributed by atoms with Gasteiger partial charge in [-0.15, -0.1) is 10.2 Å². The fraction of sp³-hybridized carbons (Fsp3) is 0.400. The van der Waals surface area contributed by atoms with Gasteiger partial charge in [0.2, 0.25) is 0 Å². The number of aromatic nitrogens is 3. The Morgan fingerprint density at radius 3 is 3.20 bits per heavy atom. The molecule has 0 saturated carbocycles. The van der Waals surface area contributed by atoms with Crippen LogP contribution in [0.5, 0.6) is 0 Å². The van der Waals surface area contributed by atoms with Gasteiger partial charge in [-0.05, 0) is 30.7 Å². The number of nitrogen functional groups attached to an aromatic ring is 1. The van der Waals surface area contributed by atoms with Gasteiger partial charge in [0.05, 0.1) is 10.9 Å². The molecule has 1 atom stereocenters. The van der Waals surface area contributed by atoms with E-state index in [1.807, 2.05) is 34.5 Å². The number of nitrogens with two attached hydrogens (primary N) is 1. The minimum atomic E-state index is 0.488. The van der Waals surface area contributed by atoms with Crippen LogP contribution in [0.2, 0.25) is 0 Å².